The SMILES string of the molecule is CN(Cc1nc2cc(N)ccc2o1)c1ccc(O)cc1. The highest BCUT2D eigenvalue weighted by Gasteiger charge is 2.09. The molecule has 0 saturated carbocycles. The summed E-state index contributed by atoms with van der Waals surface area (Å²) in [6, 6.07) is 12.4. The number of benzene rings is 2. The number of fused-ring (bicyclic) bond motifs is 1. The van der Waals surface area contributed by atoms with E-state index in [1.54, 1.807) is 24.3 Å². The molecule has 0 atom stereocenters. The molecule has 0 unspecified atom stereocenters. The first-order valence-corrected chi connectivity index (χ1v) is 6.27. The molecular formula is C15H15N3O2. The third-order valence-electron chi connectivity index (χ3n) is 3.12. The Labute approximate surface area is 116 Å². The van der Waals surface area contributed by atoms with E-state index in [4.69, 9.17) is 10.2 Å². The molecule has 20 heavy (non-hydrogen) atoms. The van der Waals surface area contributed by atoms with Gasteiger partial charge in [0.15, 0.2) is 5.58 Å². The Balaban J connectivity index is 1.83. The molecule has 0 spiro atoms. The molecule has 0 radical (unpaired) electrons. The lowest BCUT2D eigenvalue weighted by Crippen LogP contribution is -2.16. The summed E-state index contributed by atoms with van der Waals surface area (Å²) in [5.74, 6) is 0.876. The second kappa shape index (κ2) is 4.77. The molecule has 5 nitrogen and oxygen atoms in total. The van der Waals surface area contributed by atoms with Crippen LogP contribution < -0.4 is 10.6 Å². The first-order valence-electron chi connectivity index (χ1n) is 6.27. The van der Waals surface area contributed by atoms with E-state index in [1.807, 2.05) is 30.1 Å². The van der Waals surface area contributed by atoms with Crippen molar-refractivity contribution in [3.05, 3.63) is 48.4 Å². The fraction of sp³-hybridized carbons (Fsp3) is 0.133. The van der Waals surface area contributed by atoms with Crippen LogP contribution in [-0.4, -0.2) is 17.1 Å². The Morgan fingerprint density at radius 1 is 1.20 bits per heavy atom. The predicted molar refractivity (Wildman–Crippen MR) is 78.6 cm³/mol. The van der Waals surface area contributed by atoms with Crippen molar-refractivity contribution >= 4 is 22.5 Å². The number of aromatic hydroxyl groups is 1. The maximum Gasteiger partial charge on any atom is 0.215 e. The fourth-order valence-electron chi connectivity index (χ4n) is 2.06. The highest BCUT2D eigenvalue weighted by Crippen LogP contribution is 2.22. The third-order valence-corrected chi connectivity index (χ3v) is 3.12. The molecule has 1 heterocycles. The topological polar surface area (TPSA) is 75.5 Å². The van der Waals surface area contributed by atoms with Crippen molar-refractivity contribution in [1.29, 1.82) is 0 Å². The van der Waals surface area contributed by atoms with Crippen LogP contribution in [0.4, 0.5) is 11.4 Å². The van der Waals surface area contributed by atoms with E-state index in [9.17, 15) is 5.11 Å². The number of nitrogen functional groups attached to an aromatic ring is 1. The molecule has 0 saturated heterocycles. The normalized spacial score (nSPS) is 10.8. The van der Waals surface area contributed by atoms with Crippen LogP contribution in [0.3, 0.4) is 0 Å². The predicted octanol–water partition coefficient (Wildman–Crippen LogP) is 2.75. The Bertz CT molecular complexity index is 734. The molecule has 2 aromatic carbocycles. The molecule has 0 bridgehead atoms. The van der Waals surface area contributed by atoms with Gasteiger partial charge in [-0.2, -0.15) is 0 Å². The van der Waals surface area contributed by atoms with Gasteiger partial charge in [0.25, 0.3) is 0 Å². The first kappa shape index (κ1) is 12.3. The van der Waals surface area contributed by atoms with Crippen molar-refractivity contribution in [2.75, 3.05) is 17.7 Å². The molecule has 3 rings (SSSR count). The van der Waals surface area contributed by atoms with Crippen LogP contribution in [0.2, 0.25) is 0 Å². The van der Waals surface area contributed by atoms with Crippen molar-refractivity contribution in [3.63, 3.8) is 0 Å². The summed E-state index contributed by atoms with van der Waals surface area (Å²) in [5, 5.41) is 9.29. The summed E-state index contributed by atoms with van der Waals surface area (Å²) in [4.78, 5) is 6.41. The average molecular weight is 269 g/mol. The van der Waals surface area contributed by atoms with Gasteiger partial charge in [-0.25, -0.2) is 4.98 Å². The lowest BCUT2D eigenvalue weighted by Gasteiger charge is -2.16. The highest BCUT2D eigenvalue weighted by atomic mass is 16.3. The van der Waals surface area contributed by atoms with Gasteiger partial charge in [0.2, 0.25) is 5.89 Å². The van der Waals surface area contributed by atoms with E-state index in [2.05, 4.69) is 4.98 Å². The Morgan fingerprint density at radius 3 is 2.70 bits per heavy atom. The zero-order valence-electron chi connectivity index (χ0n) is 11.1. The zero-order valence-corrected chi connectivity index (χ0v) is 11.1. The van der Waals surface area contributed by atoms with E-state index in [1.165, 1.54) is 0 Å². The summed E-state index contributed by atoms with van der Waals surface area (Å²) < 4.78 is 5.68. The van der Waals surface area contributed by atoms with Gasteiger partial charge in [0, 0.05) is 18.4 Å². The number of anilines is 2. The van der Waals surface area contributed by atoms with Gasteiger partial charge in [-0.1, -0.05) is 0 Å². The van der Waals surface area contributed by atoms with Crippen molar-refractivity contribution < 1.29 is 9.52 Å². The number of rotatable bonds is 3. The van der Waals surface area contributed by atoms with E-state index in [-0.39, 0.29) is 5.75 Å². The number of aromatic nitrogens is 1. The molecule has 0 aliphatic heterocycles. The van der Waals surface area contributed by atoms with Crippen LogP contribution in [0.25, 0.3) is 11.1 Å². The van der Waals surface area contributed by atoms with E-state index in [0.717, 1.165) is 16.8 Å². The fourth-order valence-corrected chi connectivity index (χ4v) is 2.06. The number of phenolic OH excluding ortho intramolecular Hbond substituents is 1. The molecule has 0 aliphatic carbocycles. The minimum Gasteiger partial charge on any atom is -0.508 e. The lowest BCUT2D eigenvalue weighted by molar-refractivity contribution is 0.475. The van der Waals surface area contributed by atoms with Gasteiger partial charge in [0.05, 0.1) is 6.54 Å². The number of phenols is 1. The molecule has 0 fully saturated rings. The molecule has 5 heteroatoms. The molecular weight excluding hydrogens is 254 g/mol. The number of hydrogen-bond donors (Lipinski definition) is 2. The molecule has 0 aliphatic rings. The van der Waals surface area contributed by atoms with Gasteiger partial charge >= 0.3 is 0 Å². The quantitative estimate of drug-likeness (QED) is 0.715. The van der Waals surface area contributed by atoms with Crippen LogP contribution in [0.15, 0.2) is 46.9 Å². The van der Waals surface area contributed by atoms with E-state index < -0.39 is 0 Å². The van der Waals surface area contributed by atoms with E-state index >= 15 is 0 Å². The van der Waals surface area contributed by atoms with Gasteiger partial charge in [-0.3, -0.25) is 0 Å². The number of nitrogens with two attached hydrogens (primary N) is 1. The van der Waals surface area contributed by atoms with Crippen molar-refractivity contribution in [2.24, 2.45) is 0 Å². The largest absolute Gasteiger partial charge is 0.508 e. The second-order valence-corrected chi connectivity index (χ2v) is 4.71. The average Bonchev–Trinajstić information content (AvgIpc) is 2.80. The number of hydrogen-bond acceptors (Lipinski definition) is 5. The lowest BCUT2D eigenvalue weighted by atomic mass is 10.3. The minimum atomic E-state index is 0.250. The van der Waals surface area contributed by atoms with Gasteiger partial charge in [-0.05, 0) is 42.5 Å². The maximum atomic E-state index is 9.29. The molecule has 3 N–H and O–H groups in total. The van der Waals surface area contributed by atoms with Gasteiger partial charge in [-0.15, -0.1) is 0 Å². The smallest absolute Gasteiger partial charge is 0.215 e. The summed E-state index contributed by atoms with van der Waals surface area (Å²) in [6.45, 7) is 0.541. The monoisotopic (exact) mass is 269 g/mol. The van der Waals surface area contributed by atoms with Crippen LogP contribution in [0.5, 0.6) is 5.75 Å². The Hall–Kier alpha value is -2.69. The summed E-state index contributed by atoms with van der Waals surface area (Å²) >= 11 is 0. The molecule has 3 aromatic rings. The standard InChI is InChI=1S/C15H15N3O2/c1-18(11-3-5-12(19)6-4-11)9-15-17-13-8-10(16)2-7-14(13)20-15/h2-8,19H,9,16H2,1H3. The minimum absolute atomic E-state index is 0.250. The Morgan fingerprint density at radius 2 is 1.95 bits per heavy atom. The highest BCUT2D eigenvalue weighted by molar-refractivity contribution is 5.76. The number of oxazole rings is 1. The molecule has 0 amide bonds. The number of nitrogens with zero attached hydrogens (tertiary/aromatic N) is 2. The van der Waals surface area contributed by atoms with Gasteiger partial charge in [0.1, 0.15) is 11.3 Å². The summed E-state index contributed by atoms with van der Waals surface area (Å²) in [5.41, 5.74) is 8.86. The van der Waals surface area contributed by atoms with Crippen LogP contribution >= 0.6 is 0 Å². The molecule has 102 valence electrons. The van der Waals surface area contributed by atoms with Crippen molar-refractivity contribution in [1.82, 2.24) is 4.98 Å². The maximum absolute atomic E-state index is 9.29. The summed E-state index contributed by atoms with van der Waals surface area (Å²) in [6.07, 6.45) is 0. The second-order valence-electron chi connectivity index (χ2n) is 4.71. The van der Waals surface area contributed by atoms with Crippen molar-refractivity contribution in [3.8, 4) is 5.75 Å². The van der Waals surface area contributed by atoms with Crippen LogP contribution in [0, 0.1) is 0 Å². The van der Waals surface area contributed by atoms with Crippen molar-refractivity contribution in [2.45, 2.75) is 6.54 Å². The summed E-state index contributed by atoms with van der Waals surface area (Å²) in [7, 11) is 1.94. The molecule has 1 aromatic heterocycles. The van der Waals surface area contributed by atoms with Crippen LogP contribution in [0.1, 0.15) is 5.89 Å². The third kappa shape index (κ3) is 2.38. The Kier molecular flexibility index (Phi) is 2.95. The van der Waals surface area contributed by atoms with Gasteiger partial charge < -0.3 is 20.2 Å². The zero-order chi connectivity index (χ0) is 14.1. The first-order chi connectivity index (χ1) is 9.61. The van der Waals surface area contributed by atoms with Crippen LogP contribution in [-0.2, 0) is 6.54 Å². The van der Waals surface area contributed by atoms with E-state index in [0.29, 0.717) is 18.1 Å².